The van der Waals surface area contributed by atoms with Crippen molar-refractivity contribution in [1.82, 2.24) is 0 Å². The summed E-state index contributed by atoms with van der Waals surface area (Å²) in [5.74, 6) is -5.82. The third kappa shape index (κ3) is 3.15. The van der Waals surface area contributed by atoms with Crippen molar-refractivity contribution in [2.75, 3.05) is 13.1 Å². The maximum absolute atomic E-state index is 13.4. The number of isocyanates is 2. The van der Waals surface area contributed by atoms with Gasteiger partial charge in [0, 0.05) is 0 Å². The number of hydrogen-bond acceptors (Lipinski definition) is 4. The molecular weight excluding hydrogens is 258 g/mol. The summed E-state index contributed by atoms with van der Waals surface area (Å²) in [6.45, 7) is -3.65. The van der Waals surface area contributed by atoms with Crippen LogP contribution in [0.2, 0.25) is 0 Å². The number of carbonyl (C=O) groups excluding carboxylic acids is 2. The average molecular weight is 262 g/mol. The summed E-state index contributed by atoms with van der Waals surface area (Å²) in [4.78, 5) is 23.9. The van der Waals surface area contributed by atoms with Crippen LogP contribution in [0, 0.1) is 0 Å². The fourth-order valence-corrected chi connectivity index (χ4v) is 0.818. The average Bonchev–Trinajstić information content (AvgIpc) is 2.21. The number of halogens is 6. The van der Waals surface area contributed by atoms with Gasteiger partial charge in [-0.25, -0.2) is 24.0 Å². The highest BCUT2D eigenvalue weighted by atomic mass is 19.4. The predicted octanol–water partition coefficient (Wildman–Crippen LogP) is 1.56. The minimum absolute atomic E-state index is 0.617. The summed E-state index contributed by atoms with van der Waals surface area (Å²) in [6, 6.07) is 0. The Hall–Kier alpha value is -1.66. The summed E-state index contributed by atoms with van der Waals surface area (Å²) in [7, 11) is 0. The van der Waals surface area contributed by atoms with E-state index < -0.39 is 30.9 Å². The molecule has 0 aliphatic carbocycles. The molecule has 17 heavy (non-hydrogen) atoms. The highest BCUT2D eigenvalue weighted by molar-refractivity contribution is 5.34. The van der Waals surface area contributed by atoms with E-state index in [1.165, 1.54) is 0 Å². The highest BCUT2D eigenvalue weighted by Crippen LogP contribution is 2.45. The molecule has 0 saturated heterocycles. The van der Waals surface area contributed by atoms with Gasteiger partial charge in [0.25, 0.3) is 0 Å². The van der Waals surface area contributed by atoms with Gasteiger partial charge in [-0.3, -0.25) is 0 Å². The molecule has 0 aliphatic rings. The van der Waals surface area contributed by atoms with Gasteiger partial charge in [0.05, 0.1) is 13.1 Å². The zero-order valence-electron chi connectivity index (χ0n) is 7.89. The van der Waals surface area contributed by atoms with Gasteiger partial charge in [0.15, 0.2) is 0 Å². The quantitative estimate of drug-likeness (QED) is 0.429. The minimum Gasteiger partial charge on any atom is -0.233 e. The van der Waals surface area contributed by atoms with Crippen molar-refractivity contribution < 1.29 is 35.9 Å². The minimum atomic E-state index is -6.21. The lowest BCUT2D eigenvalue weighted by atomic mass is 9.97. The zero-order chi connectivity index (χ0) is 13.7. The Kier molecular flexibility index (Phi) is 4.61. The Labute approximate surface area is 90.0 Å². The van der Waals surface area contributed by atoms with Crippen LogP contribution in [0.5, 0.6) is 0 Å². The molecule has 0 spiro atoms. The summed E-state index contributed by atoms with van der Waals surface area (Å²) < 4.78 is 74.7. The van der Waals surface area contributed by atoms with Crippen LogP contribution in [0.3, 0.4) is 0 Å². The van der Waals surface area contributed by atoms with Crippen LogP contribution in [0.15, 0.2) is 9.98 Å². The van der Waals surface area contributed by atoms with Gasteiger partial charge in [-0.05, 0) is 0 Å². The molecule has 0 aliphatic heterocycles. The fourth-order valence-electron chi connectivity index (χ4n) is 0.818. The van der Waals surface area contributed by atoms with Crippen LogP contribution >= 0.6 is 0 Å². The topological polar surface area (TPSA) is 58.9 Å². The van der Waals surface area contributed by atoms with Gasteiger partial charge in [-0.15, -0.1) is 0 Å². The predicted molar refractivity (Wildman–Crippen MR) is 40.8 cm³/mol. The first kappa shape index (κ1) is 15.3. The lowest BCUT2D eigenvalue weighted by molar-refractivity contribution is -0.323. The lowest BCUT2D eigenvalue weighted by Gasteiger charge is -2.31. The van der Waals surface area contributed by atoms with E-state index in [9.17, 15) is 35.9 Å². The van der Waals surface area contributed by atoms with E-state index in [1.54, 1.807) is 0 Å². The molecule has 0 rings (SSSR count). The number of nitrogens with zero attached hydrogens (tertiary/aromatic N) is 2. The molecule has 0 saturated carbocycles. The summed E-state index contributed by atoms with van der Waals surface area (Å²) in [5, 5.41) is 0. The normalized spacial score (nSPS) is 15.4. The third-order valence-corrected chi connectivity index (χ3v) is 1.71. The first-order valence-corrected chi connectivity index (χ1v) is 3.83. The number of rotatable bonds is 5. The van der Waals surface area contributed by atoms with Crippen LogP contribution in [0.25, 0.3) is 0 Å². The van der Waals surface area contributed by atoms with E-state index in [0.717, 1.165) is 0 Å². The molecule has 96 valence electrons. The molecule has 0 unspecified atom stereocenters. The van der Waals surface area contributed by atoms with Crippen molar-refractivity contribution in [2.24, 2.45) is 9.98 Å². The molecule has 0 N–H and O–H groups in total. The molecular formula is C7H4F6N2O2. The second kappa shape index (κ2) is 5.11. The van der Waals surface area contributed by atoms with Gasteiger partial charge >= 0.3 is 12.1 Å². The van der Waals surface area contributed by atoms with Crippen LogP contribution < -0.4 is 0 Å². The van der Waals surface area contributed by atoms with E-state index in [4.69, 9.17) is 0 Å². The standard InChI is InChI=1S/C7H4F6N2O2/c8-5(1-14-3-16,2-15-4-17)6(9,10)7(11,12)13/h1-2H2. The molecule has 0 aromatic carbocycles. The molecule has 4 nitrogen and oxygen atoms in total. The summed E-state index contributed by atoms with van der Waals surface area (Å²) >= 11 is 0. The van der Waals surface area contributed by atoms with Crippen molar-refractivity contribution in [1.29, 1.82) is 0 Å². The third-order valence-electron chi connectivity index (χ3n) is 1.71. The second-order valence-corrected chi connectivity index (χ2v) is 2.85. The van der Waals surface area contributed by atoms with E-state index in [-0.39, 0.29) is 0 Å². The van der Waals surface area contributed by atoms with Crippen molar-refractivity contribution in [3.63, 3.8) is 0 Å². The Morgan fingerprint density at radius 2 is 1.18 bits per heavy atom. The zero-order valence-corrected chi connectivity index (χ0v) is 7.89. The molecule has 0 bridgehead atoms. The molecule has 0 atom stereocenters. The molecule has 0 amide bonds. The van der Waals surface area contributed by atoms with Crippen LogP contribution in [0.1, 0.15) is 0 Å². The highest BCUT2D eigenvalue weighted by Gasteiger charge is 2.71. The number of hydrogen-bond donors (Lipinski definition) is 0. The Balaban J connectivity index is 5.43. The Morgan fingerprint density at radius 1 is 0.824 bits per heavy atom. The van der Waals surface area contributed by atoms with Gasteiger partial charge in [-0.1, -0.05) is 0 Å². The van der Waals surface area contributed by atoms with Crippen molar-refractivity contribution in [2.45, 2.75) is 17.8 Å². The van der Waals surface area contributed by atoms with Gasteiger partial charge in [0.2, 0.25) is 17.8 Å². The van der Waals surface area contributed by atoms with Gasteiger partial charge < -0.3 is 0 Å². The summed E-state index contributed by atoms with van der Waals surface area (Å²) in [5.41, 5.74) is -4.33. The number of alkyl halides is 6. The van der Waals surface area contributed by atoms with Crippen LogP contribution in [-0.2, 0) is 9.59 Å². The Bertz CT molecular complexity index is 347. The molecule has 0 aromatic rings. The van der Waals surface area contributed by atoms with Crippen molar-refractivity contribution in [3.8, 4) is 0 Å². The van der Waals surface area contributed by atoms with Crippen LogP contribution in [0.4, 0.5) is 26.3 Å². The van der Waals surface area contributed by atoms with Gasteiger partial charge in [0.1, 0.15) is 0 Å². The van der Waals surface area contributed by atoms with Gasteiger partial charge in [-0.2, -0.15) is 22.0 Å². The Morgan fingerprint density at radius 3 is 1.41 bits per heavy atom. The van der Waals surface area contributed by atoms with E-state index in [2.05, 4.69) is 9.98 Å². The lowest BCUT2D eigenvalue weighted by Crippen LogP contribution is -2.58. The van der Waals surface area contributed by atoms with E-state index >= 15 is 0 Å². The van der Waals surface area contributed by atoms with Crippen LogP contribution in [-0.4, -0.2) is 43.0 Å². The fraction of sp³-hybridized carbons (Fsp3) is 0.714. The SMILES string of the molecule is O=C=NCC(F)(CN=C=O)C(F)(F)C(F)(F)F. The monoisotopic (exact) mass is 262 g/mol. The smallest absolute Gasteiger partial charge is 0.233 e. The maximum Gasteiger partial charge on any atom is 0.456 e. The first-order valence-electron chi connectivity index (χ1n) is 3.83. The van der Waals surface area contributed by atoms with Crippen molar-refractivity contribution >= 4 is 12.2 Å². The molecule has 0 aromatic heterocycles. The van der Waals surface area contributed by atoms with Crippen molar-refractivity contribution in [3.05, 3.63) is 0 Å². The molecule has 0 heterocycles. The molecule has 0 radical (unpaired) electrons. The largest absolute Gasteiger partial charge is 0.456 e. The summed E-state index contributed by atoms with van der Waals surface area (Å²) in [6.07, 6.45) is -4.97. The van der Waals surface area contributed by atoms with E-state index in [1.807, 2.05) is 0 Å². The molecule has 10 heteroatoms. The van der Waals surface area contributed by atoms with E-state index in [0.29, 0.717) is 12.2 Å². The second-order valence-electron chi connectivity index (χ2n) is 2.85. The number of aliphatic imine (C=N–C) groups is 2. The maximum atomic E-state index is 13.4. The molecule has 0 fully saturated rings. The first-order chi connectivity index (χ1) is 7.62.